The average molecular weight is 307 g/mol. The second-order valence-electron chi connectivity index (χ2n) is 4.02. The van der Waals surface area contributed by atoms with Crippen molar-refractivity contribution in [3.63, 3.8) is 0 Å². The van der Waals surface area contributed by atoms with Gasteiger partial charge in [0.15, 0.2) is 0 Å². The molecule has 2 aromatic rings. The predicted molar refractivity (Wildman–Crippen MR) is 78.5 cm³/mol. The van der Waals surface area contributed by atoms with Gasteiger partial charge in [0.25, 0.3) is 0 Å². The molecule has 4 nitrogen and oxygen atoms in total. The summed E-state index contributed by atoms with van der Waals surface area (Å²) in [6.45, 7) is 3.93. The standard InChI is InChI=1S/C13H15BrN4/c1-8-6-10(14)4-5-11(8)18-13-7-12(15-3)16-9(2)17-13/h4-7H,1-3H3,(H2,15,16,17,18). The van der Waals surface area contributed by atoms with E-state index in [2.05, 4.69) is 49.5 Å². The SMILES string of the molecule is CNc1cc(Nc2ccc(Br)cc2C)nc(C)n1. The van der Waals surface area contributed by atoms with E-state index in [-0.39, 0.29) is 0 Å². The summed E-state index contributed by atoms with van der Waals surface area (Å²) in [6, 6.07) is 7.97. The highest BCUT2D eigenvalue weighted by molar-refractivity contribution is 9.10. The van der Waals surface area contributed by atoms with Gasteiger partial charge in [0.05, 0.1) is 0 Å². The summed E-state index contributed by atoms with van der Waals surface area (Å²) in [7, 11) is 1.84. The Hall–Kier alpha value is -1.62. The first-order valence-electron chi connectivity index (χ1n) is 5.65. The molecule has 0 bridgehead atoms. The van der Waals surface area contributed by atoms with Crippen LogP contribution in [0.3, 0.4) is 0 Å². The van der Waals surface area contributed by atoms with Crippen LogP contribution < -0.4 is 10.6 Å². The van der Waals surface area contributed by atoms with Crippen molar-refractivity contribution >= 4 is 33.3 Å². The van der Waals surface area contributed by atoms with Crippen LogP contribution in [0, 0.1) is 13.8 Å². The van der Waals surface area contributed by atoms with Crippen LogP contribution in [0.1, 0.15) is 11.4 Å². The van der Waals surface area contributed by atoms with Gasteiger partial charge in [0.2, 0.25) is 0 Å². The van der Waals surface area contributed by atoms with E-state index in [9.17, 15) is 0 Å². The molecule has 1 heterocycles. The van der Waals surface area contributed by atoms with Crippen LogP contribution in [0.5, 0.6) is 0 Å². The molecule has 0 fully saturated rings. The second-order valence-corrected chi connectivity index (χ2v) is 4.94. The number of hydrogen-bond donors (Lipinski definition) is 2. The minimum Gasteiger partial charge on any atom is -0.373 e. The third kappa shape index (κ3) is 2.98. The van der Waals surface area contributed by atoms with Crippen molar-refractivity contribution in [1.82, 2.24) is 9.97 Å². The summed E-state index contributed by atoms with van der Waals surface area (Å²) >= 11 is 3.45. The summed E-state index contributed by atoms with van der Waals surface area (Å²) in [4.78, 5) is 8.63. The molecule has 5 heteroatoms. The number of rotatable bonds is 3. The Kier molecular flexibility index (Phi) is 3.81. The monoisotopic (exact) mass is 306 g/mol. The summed E-state index contributed by atoms with van der Waals surface area (Å²) in [5.74, 6) is 2.33. The molecule has 2 N–H and O–H groups in total. The van der Waals surface area contributed by atoms with Gasteiger partial charge in [0, 0.05) is 23.3 Å². The van der Waals surface area contributed by atoms with Gasteiger partial charge >= 0.3 is 0 Å². The molecule has 0 radical (unpaired) electrons. The molecule has 2 rings (SSSR count). The molecule has 0 saturated heterocycles. The van der Waals surface area contributed by atoms with Gasteiger partial charge < -0.3 is 10.6 Å². The number of anilines is 3. The number of benzene rings is 1. The van der Waals surface area contributed by atoms with Gasteiger partial charge in [-0.1, -0.05) is 15.9 Å². The third-order valence-corrected chi connectivity index (χ3v) is 3.04. The molecule has 0 amide bonds. The molecule has 1 aromatic heterocycles. The molecule has 0 aliphatic heterocycles. The number of nitrogens with zero attached hydrogens (tertiary/aromatic N) is 2. The Morgan fingerprint density at radius 1 is 1.06 bits per heavy atom. The van der Waals surface area contributed by atoms with E-state index in [1.165, 1.54) is 0 Å². The van der Waals surface area contributed by atoms with Gasteiger partial charge in [-0.25, -0.2) is 9.97 Å². The molecule has 0 spiro atoms. The highest BCUT2D eigenvalue weighted by Gasteiger charge is 2.03. The Morgan fingerprint density at radius 2 is 1.78 bits per heavy atom. The van der Waals surface area contributed by atoms with Crippen molar-refractivity contribution in [2.24, 2.45) is 0 Å². The topological polar surface area (TPSA) is 49.8 Å². The van der Waals surface area contributed by atoms with E-state index < -0.39 is 0 Å². The highest BCUT2D eigenvalue weighted by atomic mass is 79.9. The van der Waals surface area contributed by atoms with Gasteiger partial charge in [-0.2, -0.15) is 0 Å². The molecule has 0 unspecified atom stereocenters. The van der Waals surface area contributed by atoms with E-state index in [1.54, 1.807) is 0 Å². The quantitative estimate of drug-likeness (QED) is 0.909. The van der Waals surface area contributed by atoms with E-state index in [1.807, 2.05) is 32.2 Å². The zero-order valence-corrected chi connectivity index (χ0v) is 12.2. The zero-order chi connectivity index (χ0) is 13.1. The van der Waals surface area contributed by atoms with Crippen LogP contribution in [0.25, 0.3) is 0 Å². The zero-order valence-electron chi connectivity index (χ0n) is 10.6. The van der Waals surface area contributed by atoms with Crippen LogP contribution in [-0.4, -0.2) is 17.0 Å². The summed E-state index contributed by atoms with van der Waals surface area (Å²) in [5.41, 5.74) is 2.20. The van der Waals surface area contributed by atoms with Crippen LogP contribution in [0.4, 0.5) is 17.3 Å². The normalized spacial score (nSPS) is 10.2. The van der Waals surface area contributed by atoms with Gasteiger partial charge in [-0.05, 0) is 37.6 Å². The number of halogens is 1. The summed E-state index contributed by atoms with van der Waals surface area (Å²) in [5, 5.41) is 6.32. The van der Waals surface area contributed by atoms with Crippen LogP contribution in [-0.2, 0) is 0 Å². The smallest absolute Gasteiger partial charge is 0.136 e. The summed E-state index contributed by atoms with van der Waals surface area (Å²) < 4.78 is 1.07. The lowest BCUT2D eigenvalue weighted by Gasteiger charge is -2.10. The predicted octanol–water partition coefficient (Wildman–Crippen LogP) is 3.64. The molecule has 1 aromatic carbocycles. The minimum absolute atomic E-state index is 0.735. The van der Waals surface area contributed by atoms with E-state index >= 15 is 0 Å². The first kappa shape index (κ1) is 12.8. The number of aryl methyl sites for hydroxylation is 2. The molecule has 0 aliphatic carbocycles. The molecule has 0 saturated carbocycles. The maximum absolute atomic E-state index is 4.37. The van der Waals surface area contributed by atoms with Crippen molar-refractivity contribution in [1.29, 1.82) is 0 Å². The highest BCUT2D eigenvalue weighted by Crippen LogP contribution is 2.23. The fourth-order valence-electron chi connectivity index (χ4n) is 1.67. The van der Waals surface area contributed by atoms with Gasteiger partial charge in [-0.15, -0.1) is 0 Å². The lowest BCUT2D eigenvalue weighted by Crippen LogP contribution is -2.01. The van der Waals surface area contributed by atoms with Crippen molar-refractivity contribution in [2.45, 2.75) is 13.8 Å². The Morgan fingerprint density at radius 3 is 2.44 bits per heavy atom. The Labute approximate surface area is 115 Å². The molecular weight excluding hydrogens is 292 g/mol. The Bertz CT molecular complexity index is 569. The lowest BCUT2D eigenvalue weighted by atomic mass is 10.2. The second kappa shape index (κ2) is 5.35. The fraction of sp³-hybridized carbons (Fsp3) is 0.231. The van der Waals surface area contributed by atoms with E-state index in [4.69, 9.17) is 0 Å². The first-order chi connectivity index (χ1) is 8.58. The van der Waals surface area contributed by atoms with E-state index in [0.29, 0.717) is 0 Å². The van der Waals surface area contributed by atoms with Gasteiger partial charge in [-0.3, -0.25) is 0 Å². The molecule has 94 valence electrons. The van der Waals surface area contributed by atoms with Crippen molar-refractivity contribution in [2.75, 3.05) is 17.7 Å². The average Bonchev–Trinajstić information content (AvgIpc) is 2.32. The number of nitrogens with one attached hydrogen (secondary N) is 2. The fourth-order valence-corrected chi connectivity index (χ4v) is 2.14. The molecular formula is C13H15BrN4. The summed E-state index contributed by atoms with van der Waals surface area (Å²) in [6.07, 6.45) is 0. The molecule has 0 atom stereocenters. The van der Waals surface area contributed by atoms with Gasteiger partial charge in [0.1, 0.15) is 17.5 Å². The molecule has 0 aliphatic rings. The van der Waals surface area contributed by atoms with Crippen molar-refractivity contribution < 1.29 is 0 Å². The third-order valence-electron chi connectivity index (χ3n) is 2.55. The lowest BCUT2D eigenvalue weighted by molar-refractivity contribution is 1.05. The largest absolute Gasteiger partial charge is 0.373 e. The number of aromatic nitrogens is 2. The van der Waals surface area contributed by atoms with Crippen LogP contribution in [0.2, 0.25) is 0 Å². The minimum atomic E-state index is 0.735. The maximum Gasteiger partial charge on any atom is 0.136 e. The maximum atomic E-state index is 4.37. The first-order valence-corrected chi connectivity index (χ1v) is 6.44. The van der Waals surface area contributed by atoms with Crippen molar-refractivity contribution in [3.8, 4) is 0 Å². The van der Waals surface area contributed by atoms with Crippen LogP contribution in [0.15, 0.2) is 28.7 Å². The van der Waals surface area contributed by atoms with Crippen LogP contribution >= 0.6 is 15.9 Å². The number of hydrogen-bond acceptors (Lipinski definition) is 4. The Balaban J connectivity index is 2.30. The molecule has 18 heavy (non-hydrogen) atoms. The van der Waals surface area contributed by atoms with E-state index in [0.717, 1.165) is 33.2 Å². The van der Waals surface area contributed by atoms with Crippen molar-refractivity contribution in [3.05, 3.63) is 40.1 Å².